The first-order valence-electron chi connectivity index (χ1n) is 6.78. The largest absolute Gasteiger partial charge is 0.399 e. The molecule has 3 heteroatoms. The van der Waals surface area contributed by atoms with E-state index in [2.05, 4.69) is 34.1 Å². The lowest BCUT2D eigenvalue weighted by molar-refractivity contribution is 0.683. The number of rotatable bonds is 2. The Morgan fingerprint density at radius 2 is 2.16 bits per heavy atom. The molecule has 0 fully saturated rings. The van der Waals surface area contributed by atoms with Gasteiger partial charge in [0.1, 0.15) is 0 Å². The van der Waals surface area contributed by atoms with Crippen molar-refractivity contribution in [2.24, 2.45) is 0 Å². The second kappa shape index (κ2) is 4.92. The normalized spacial score (nSPS) is 14.3. The molecular formula is C16H19N3. The SMILES string of the molecule is Cc1cccc(CN2CCCc3ccc(N)cc32)n1. The van der Waals surface area contributed by atoms with E-state index < -0.39 is 0 Å². The summed E-state index contributed by atoms with van der Waals surface area (Å²) in [5.41, 5.74) is 11.6. The van der Waals surface area contributed by atoms with Crippen LogP contribution in [0.15, 0.2) is 36.4 Å². The minimum absolute atomic E-state index is 0.836. The number of pyridine rings is 1. The van der Waals surface area contributed by atoms with Gasteiger partial charge in [-0.2, -0.15) is 0 Å². The summed E-state index contributed by atoms with van der Waals surface area (Å²) < 4.78 is 0. The lowest BCUT2D eigenvalue weighted by Crippen LogP contribution is -2.29. The lowest BCUT2D eigenvalue weighted by Gasteiger charge is -2.31. The number of benzene rings is 1. The number of nitrogens with zero attached hydrogens (tertiary/aromatic N) is 2. The van der Waals surface area contributed by atoms with Crippen molar-refractivity contribution in [1.82, 2.24) is 4.98 Å². The van der Waals surface area contributed by atoms with E-state index >= 15 is 0 Å². The maximum atomic E-state index is 5.92. The van der Waals surface area contributed by atoms with E-state index in [1.54, 1.807) is 0 Å². The van der Waals surface area contributed by atoms with Crippen LogP contribution in [-0.4, -0.2) is 11.5 Å². The molecule has 0 radical (unpaired) electrons. The molecule has 2 N–H and O–H groups in total. The summed E-state index contributed by atoms with van der Waals surface area (Å²) in [5.74, 6) is 0. The smallest absolute Gasteiger partial charge is 0.0602 e. The monoisotopic (exact) mass is 253 g/mol. The standard InChI is InChI=1S/C16H19N3/c1-12-4-2-6-15(18-12)11-19-9-3-5-13-7-8-14(17)10-16(13)19/h2,4,6-8,10H,3,5,9,11,17H2,1H3. The summed E-state index contributed by atoms with van der Waals surface area (Å²) in [4.78, 5) is 6.98. The van der Waals surface area contributed by atoms with Crippen molar-refractivity contribution in [3.8, 4) is 0 Å². The van der Waals surface area contributed by atoms with Crippen LogP contribution < -0.4 is 10.6 Å². The van der Waals surface area contributed by atoms with Gasteiger partial charge in [0.15, 0.2) is 0 Å². The quantitative estimate of drug-likeness (QED) is 0.837. The van der Waals surface area contributed by atoms with Crippen molar-refractivity contribution in [3.05, 3.63) is 53.3 Å². The first-order valence-corrected chi connectivity index (χ1v) is 6.78. The van der Waals surface area contributed by atoms with Crippen LogP contribution in [0.3, 0.4) is 0 Å². The number of hydrogen-bond acceptors (Lipinski definition) is 3. The molecule has 0 spiro atoms. The van der Waals surface area contributed by atoms with Crippen LogP contribution in [-0.2, 0) is 13.0 Å². The summed E-state index contributed by atoms with van der Waals surface area (Å²) in [6, 6.07) is 12.4. The Morgan fingerprint density at radius 1 is 1.26 bits per heavy atom. The fraction of sp³-hybridized carbons (Fsp3) is 0.312. The van der Waals surface area contributed by atoms with E-state index in [1.165, 1.54) is 17.7 Å². The molecule has 19 heavy (non-hydrogen) atoms. The Hall–Kier alpha value is -2.03. The molecule has 98 valence electrons. The lowest BCUT2D eigenvalue weighted by atomic mass is 10.0. The molecule has 1 aliphatic heterocycles. The van der Waals surface area contributed by atoms with Gasteiger partial charge in [0.25, 0.3) is 0 Å². The highest BCUT2D eigenvalue weighted by atomic mass is 15.1. The second-order valence-corrected chi connectivity index (χ2v) is 5.18. The van der Waals surface area contributed by atoms with E-state index in [-0.39, 0.29) is 0 Å². The minimum atomic E-state index is 0.836. The molecule has 0 unspecified atom stereocenters. The van der Waals surface area contributed by atoms with Crippen LogP contribution in [0.2, 0.25) is 0 Å². The maximum Gasteiger partial charge on any atom is 0.0602 e. The summed E-state index contributed by atoms with van der Waals surface area (Å²) in [5, 5.41) is 0. The van der Waals surface area contributed by atoms with Gasteiger partial charge in [0, 0.05) is 23.6 Å². The van der Waals surface area contributed by atoms with Crippen LogP contribution in [0.25, 0.3) is 0 Å². The van der Waals surface area contributed by atoms with Crippen LogP contribution in [0.5, 0.6) is 0 Å². The number of fused-ring (bicyclic) bond motifs is 1. The van der Waals surface area contributed by atoms with Gasteiger partial charge in [-0.15, -0.1) is 0 Å². The van der Waals surface area contributed by atoms with Gasteiger partial charge >= 0.3 is 0 Å². The minimum Gasteiger partial charge on any atom is -0.399 e. The molecule has 0 saturated heterocycles. The average Bonchev–Trinajstić information content (AvgIpc) is 2.39. The molecule has 0 atom stereocenters. The molecule has 2 aromatic rings. The van der Waals surface area contributed by atoms with Crippen molar-refractivity contribution < 1.29 is 0 Å². The Bertz CT molecular complexity index is 592. The molecule has 2 heterocycles. The summed E-state index contributed by atoms with van der Waals surface area (Å²) in [6.07, 6.45) is 2.34. The second-order valence-electron chi connectivity index (χ2n) is 5.18. The molecule has 0 saturated carbocycles. The van der Waals surface area contributed by atoms with Crippen molar-refractivity contribution in [1.29, 1.82) is 0 Å². The zero-order valence-electron chi connectivity index (χ0n) is 11.3. The number of aromatic nitrogens is 1. The molecule has 1 aromatic heterocycles. The molecule has 3 nitrogen and oxygen atoms in total. The number of nitrogens with two attached hydrogens (primary N) is 1. The zero-order valence-corrected chi connectivity index (χ0v) is 11.3. The zero-order chi connectivity index (χ0) is 13.2. The van der Waals surface area contributed by atoms with Crippen LogP contribution in [0.4, 0.5) is 11.4 Å². The average molecular weight is 253 g/mol. The molecule has 0 aliphatic carbocycles. The van der Waals surface area contributed by atoms with E-state index in [1.807, 2.05) is 19.1 Å². The molecular weight excluding hydrogens is 234 g/mol. The van der Waals surface area contributed by atoms with E-state index in [0.29, 0.717) is 0 Å². The first kappa shape index (κ1) is 12.0. The maximum absolute atomic E-state index is 5.92. The highest BCUT2D eigenvalue weighted by Crippen LogP contribution is 2.30. The Labute approximate surface area is 114 Å². The van der Waals surface area contributed by atoms with Gasteiger partial charge in [0.05, 0.1) is 12.2 Å². The van der Waals surface area contributed by atoms with E-state index in [9.17, 15) is 0 Å². The molecule has 1 aromatic carbocycles. The van der Waals surface area contributed by atoms with E-state index in [4.69, 9.17) is 5.73 Å². The van der Waals surface area contributed by atoms with Gasteiger partial charge in [-0.25, -0.2) is 0 Å². The third kappa shape index (κ3) is 2.55. The van der Waals surface area contributed by atoms with Crippen LogP contribution in [0.1, 0.15) is 23.4 Å². The summed E-state index contributed by atoms with van der Waals surface area (Å²) in [6.45, 7) is 3.97. The predicted octanol–water partition coefficient (Wildman–Crippen LogP) is 2.93. The predicted molar refractivity (Wildman–Crippen MR) is 79.2 cm³/mol. The fourth-order valence-electron chi connectivity index (χ4n) is 2.71. The number of hydrogen-bond donors (Lipinski definition) is 1. The summed E-state index contributed by atoms with van der Waals surface area (Å²) >= 11 is 0. The highest BCUT2D eigenvalue weighted by Gasteiger charge is 2.17. The third-order valence-corrected chi connectivity index (χ3v) is 3.62. The molecule has 1 aliphatic rings. The Balaban J connectivity index is 1.89. The van der Waals surface area contributed by atoms with Crippen molar-refractivity contribution >= 4 is 11.4 Å². The van der Waals surface area contributed by atoms with Gasteiger partial charge in [-0.05, 0) is 49.6 Å². The van der Waals surface area contributed by atoms with Gasteiger partial charge in [-0.3, -0.25) is 4.98 Å². The van der Waals surface area contributed by atoms with Gasteiger partial charge in [-0.1, -0.05) is 12.1 Å². The van der Waals surface area contributed by atoms with Gasteiger partial charge in [0.2, 0.25) is 0 Å². The molecule has 3 rings (SSSR count). The third-order valence-electron chi connectivity index (χ3n) is 3.62. The Morgan fingerprint density at radius 3 is 3.00 bits per heavy atom. The van der Waals surface area contributed by atoms with Crippen molar-refractivity contribution in [2.45, 2.75) is 26.3 Å². The van der Waals surface area contributed by atoms with E-state index in [0.717, 1.165) is 36.6 Å². The van der Waals surface area contributed by atoms with Crippen molar-refractivity contribution in [2.75, 3.05) is 17.2 Å². The molecule has 0 bridgehead atoms. The first-order chi connectivity index (χ1) is 9.22. The Kier molecular flexibility index (Phi) is 3.11. The number of nitrogen functional groups attached to an aromatic ring is 1. The van der Waals surface area contributed by atoms with Gasteiger partial charge < -0.3 is 10.6 Å². The van der Waals surface area contributed by atoms with Crippen LogP contribution >= 0.6 is 0 Å². The number of aryl methyl sites for hydroxylation is 2. The highest BCUT2D eigenvalue weighted by molar-refractivity contribution is 5.62. The van der Waals surface area contributed by atoms with Crippen molar-refractivity contribution in [3.63, 3.8) is 0 Å². The number of anilines is 2. The summed E-state index contributed by atoms with van der Waals surface area (Å²) in [7, 11) is 0. The molecule has 0 amide bonds. The van der Waals surface area contributed by atoms with Crippen LogP contribution in [0, 0.1) is 6.92 Å². The topological polar surface area (TPSA) is 42.1 Å². The fourth-order valence-corrected chi connectivity index (χ4v) is 2.71.